The summed E-state index contributed by atoms with van der Waals surface area (Å²) in [6.45, 7) is 4.10. The molecule has 82 valence electrons. The number of hydrogen-bond acceptors (Lipinski definition) is 3. The molecule has 3 heteroatoms. The maximum Gasteiger partial charge on any atom is 0.313 e. The molecule has 0 atom stereocenters. The summed E-state index contributed by atoms with van der Waals surface area (Å²) in [5.41, 5.74) is 0. The number of ether oxygens (including phenoxy) is 1. The van der Waals surface area contributed by atoms with Crippen molar-refractivity contribution < 1.29 is 14.3 Å². The first-order valence-electron chi connectivity index (χ1n) is 5.25. The highest BCUT2D eigenvalue weighted by molar-refractivity contribution is 5.96. The molecule has 0 aliphatic carbocycles. The third kappa shape index (κ3) is 5.00. The molecule has 0 amide bonds. The van der Waals surface area contributed by atoms with Gasteiger partial charge in [0.1, 0.15) is 12.2 Å². The van der Waals surface area contributed by atoms with Crippen LogP contribution in [0.25, 0.3) is 0 Å². The molecular formula is C11H20O3. The van der Waals surface area contributed by atoms with Gasteiger partial charge < -0.3 is 4.74 Å². The Balaban J connectivity index is 4.06. The van der Waals surface area contributed by atoms with E-state index in [0.717, 1.165) is 25.7 Å². The third-order valence-corrected chi connectivity index (χ3v) is 2.28. The minimum atomic E-state index is -0.424. The lowest BCUT2D eigenvalue weighted by atomic mass is 9.92. The molecule has 0 spiro atoms. The molecule has 0 N–H and O–H groups in total. The number of methoxy groups -OCH3 is 1. The van der Waals surface area contributed by atoms with Gasteiger partial charge in [0, 0.05) is 5.92 Å². The fourth-order valence-electron chi connectivity index (χ4n) is 1.52. The number of esters is 1. The van der Waals surface area contributed by atoms with E-state index in [4.69, 9.17) is 0 Å². The molecular weight excluding hydrogens is 180 g/mol. The van der Waals surface area contributed by atoms with Crippen LogP contribution in [-0.2, 0) is 14.3 Å². The van der Waals surface area contributed by atoms with Crippen molar-refractivity contribution in [2.75, 3.05) is 7.11 Å². The van der Waals surface area contributed by atoms with Crippen LogP contribution in [0.5, 0.6) is 0 Å². The second kappa shape index (κ2) is 7.54. The van der Waals surface area contributed by atoms with Gasteiger partial charge >= 0.3 is 5.97 Å². The second-order valence-electron chi connectivity index (χ2n) is 3.49. The zero-order valence-electron chi connectivity index (χ0n) is 9.34. The molecule has 0 fully saturated rings. The summed E-state index contributed by atoms with van der Waals surface area (Å²) in [4.78, 5) is 22.5. The van der Waals surface area contributed by atoms with Gasteiger partial charge in [0.15, 0.2) is 0 Å². The van der Waals surface area contributed by atoms with Gasteiger partial charge in [0.05, 0.1) is 7.11 Å². The minimum absolute atomic E-state index is 0.0283. The lowest BCUT2D eigenvalue weighted by molar-refractivity contribution is -0.144. The van der Waals surface area contributed by atoms with Crippen molar-refractivity contribution in [2.45, 2.75) is 46.0 Å². The van der Waals surface area contributed by atoms with E-state index in [2.05, 4.69) is 4.74 Å². The molecule has 0 aromatic carbocycles. The molecule has 0 saturated carbocycles. The molecule has 0 aromatic rings. The van der Waals surface area contributed by atoms with Crippen LogP contribution in [0.15, 0.2) is 0 Å². The summed E-state index contributed by atoms with van der Waals surface area (Å²) in [7, 11) is 1.31. The Hall–Kier alpha value is -0.860. The van der Waals surface area contributed by atoms with Crippen LogP contribution in [0.4, 0.5) is 0 Å². The van der Waals surface area contributed by atoms with Gasteiger partial charge in [-0.2, -0.15) is 0 Å². The predicted octanol–water partition coefficient (Wildman–Crippen LogP) is 2.33. The van der Waals surface area contributed by atoms with E-state index < -0.39 is 5.97 Å². The van der Waals surface area contributed by atoms with Gasteiger partial charge in [0.25, 0.3) is 0 Å². The number of hydrogen-bond donors (Lipinski definition) is 0. The Kier molecular flexibility index (Phi) is 7.07. The maximum absolute atomic E-state index is 11.6. The number of rotatable bonds is 7. The summed E-state index contributed by atoms with van der Waals surface area (Å²) < 4.78 is 4.47. The molecule has 0 aromatic heterocycles. The molecule has 0 aliphatic heterocycles. The monoisotopic (exact) mass is 200 g/mol. The summed E-state index contributed by atoms with van der Waals surface area (Å²) in [5.74, 6) is -0.350. The minimum Gasteiger partial charge on any atom is -0.469 e. The second-order valence-corrected chi connectivity index (χ2v) is 3.49. The van der Waals surface area contributed by atoms with Crippen LogP contribution in [0.1, 0.15) is 46.0 Å². The number of Topliss-reactive ketones (excluding diaryl/α,β-unsaturated/α-hetero) is 1. The van der Waals surface area contributed by atoms with Crippen molar-refractivity contribution >= 4 is 11.8 Å². The van der Waals surface area contributed by atoms with Crippen LogP contribution < -0.4 is 0 Å². The summed E-state index contributed by atoms with van der Waals surface area (Å²) in [5, 5.41) is 0. The van der Waals surface area contributed by atoms with E-state index >= 15 is 0 Å². The highest BCUT2D eigenvalue weighted by atomic mass is 16.5. The summed E-state index contributed by atoms with van der Waals surface area (Å²) in [6.07, 6.45) is 3.66. The van der Waals surface area contributed by atoms with Gasteiger partial charge in [-0.3, -0.25) is 9.59 Å². The normalized spacial score (nSPS) is 10.3. The van der Waals surface area contributed by atoms with E-state index in [0.29, 0.717) is 0 Å². The largest absolute Gasteiger partial charge is 0.469 e. The van der Waals surface area contributed by atoms with Crippen molar-refractivity contribution in [2.24, 2.45) is 5.92 Å². The van der Waals surface area contributed by atoms with Crippen LogP contribution >= 0.6 is 0 Å². The zero-order valence-corrected chi connectivity index (χ0v) is 9.34. The first-order chi connectivity index (χ1) is 6.65. The van der Waals surface area contributed by atoms with Crippen molar-refractivity contribution in [1.29, 1.82) is 0 Å². The van der Waals surface area contributed by atoms with E-state index in [9.17, 15) is 9.59 Å². The first kappa shape index (κ1) is 13.1. The third-order valence-electron chi connectivity index (χ3n) is 2.28. The molecule has 0 radical (unpaired) electrons. The summed E-state index contributed by atoms with van der Waals surface area (Å²) in [6, 6.07) is 0. The zero-order chi connectivity index (χ0) is 11.0. The SMILES string of the molecule is CCCC(CCC)C(=O)CC(=O)OC. The molecule has 0 saturated heterocycles. The van der Waals surface area contributed by atoms with Gasteiger partial charge in [-0.1, -0.05) is 26.7 Å². The molecule has 14 heavy (non-hydrogen) atoms. The molecule has 3 nitrogen and oxygen atoms in total. The van der Waals surface area contributed by atoms with Gasteiger partial charge in [-0.05, 0) is 12.8 Å². The molecule has 0 aliphatic rings. The Morgan fingerprint density at radius 2 is 1.64 bits per heavy atom. The smallest absolute Gasteiger partial charge is 0.313 e. The van der Waals surface area contributed by atoms with Crippen molar-refractivity contribution in [3.05, 3.63) is 0 Å². The number of carbonyl (C=O) groups excluding carboxylic acids is 2. The Morgan fingerprint density at radius 1 is 1.14 bits per heavy atom. The van der Waals surface area contributed by atoms with E-state index in [1.54, 1.807) is 0 Å². The van der Waals surface area contributed by atoms with E-state index in [1.165, 1.54) is 7.11 Å². The van der Waals surface area contributed by atoms with Gasteiger partial charge in [-0.25, -0.2) is 0 Å². The van der Waals surface area contributed by atoms with E-state index in [-0.39, 0.29) is 18.1 Å². The Labute approximate surface area is 85.8 Å². The topological polar surface area (TPSA) is 43.4 Å². The molecule has 0 bridgehead atoms. The summed E-state index contributed by atoms with van der Waals surface area (Å²) >= 11 is 0. The highest BCUT2D eigenvalue weighted by Gasteiger charge is 2.19. The van der Waals surface area contributed by atoms with Crippen LogP contribution in [0.2, 0.25) is 0 Å². The highest BCUT2D eigenvalue weighted by Crippen LogP contribution is 2.16. The molecule has 0 unspecified atom stereocenters. The lowest BCUT2D eigenvalue weighted by Gasteiger charge is -2.12. The van der Waals surface area contributed by atoms with Crippen molar-refractivity contribution in [3.63, 3.8) is 0 Å². The Morgan fingerprint density at radius 3 is 2.00 bits per heavy atom. The molecule has 0 heterocycles. The van der Waals surface area contributed by atoms with Crippen LogP contribution in [-0.4, -0.2) is 18.9 Å². The fourth-order valence-corrected chi connectivity index (χ4v) is 1.52. The molecule has 0 rings (SSSR count). The average Bonchev–Trinajstić information content (AvgIpc) is 2.17. The van der Waals surface area contributed by atoms with Gasteiger partial charge in [-0.15, -0.1) is 0 Å². The quantitative estimate of drug-likeness (QED) is 0.468. The van der Waals surface area contributed by atoms with E-state index in [1.807, 2.05) is 13.8 Å². The number of ketones is 1. The predicted molar refractivity (Wildman–Crippen MR) is 54.9 cm³/mol. The number of carbonyl (C=O) groups is 2. The van der Waals surface area contributed by atoms with Crippen molar-refractivity contribution in [1.82, 2.24) is 0 Å². The van der Waals surface area contributed by atoms with Crippen molar-refractivity contribution in [3.8, 4) is 0 Å². The average molecular weight is 200 g/mol. The standard InChI is InChI=1S/C11H20O3/c1-4-6-9(7-5-2)10(12)8-11(13)14-3/h9H,4-8H2,1-3H3. The first-order valence-corrected chi connectivity index (χ1v) is 5.25. The van der Waals surface area contributed by atoms with Crippen LogP contribution in [0, 0.1) is 5.92 Å². The maximum atomic E-state index is 11.6. The Bertz CT molecular complexity index is 181. The van der Waals surface area contributed by atoms with Gasteiger partial charge in [0.2, 0.25) is 0 Å². The van der Waals surface area contributed by atoms with Crippen LogP contribution in [0.3, 0.4) is 0 Å². The lowest BCUT2D eigenvalue weighted by Crippen LogP contribution is -2.18. The fraction of sp³-hybridized carbons (Fsp3) is 0.818.